The van der Waals surface area contributed by atoms with Crippen molar-refractivity contribution in [2.45, 2.75) is 18.4 Å². The van der Waals surface area contributed by atoms with Crippen molar-refractivity contribution in [3.63, 3.8) is 0 Å². The fourth-order valence-corrected chi connectivity index (χ4v) is 2.22. The first-order valence-electron chi connectivity index (χ1n) is 4.07. The van der Waals surface area contributed by atoms with Crippen molar-refractivity contribution in [2.75, 3.05) is 19.0 Å². The van der Waals surface area contributed by atoms with Crippen molar-refractivity contribution < 1.29 is 0 Å². The molecule has 0 radical (unpaired) electrons. The van der Waals surface area contributed by atoms with Gasteiger partial charge < -0.3 is 10.6 Å². The molecule has 2 rings (SSSR count). The van der Waals surface area contributed by atoms with Gasteiger partial charge in [-0.1, -0.05) is 0 Å². The summed E-state index contributed by atoms with van der Waals surface area (Å²) in [6.45, 7) is 0. The van der Waals surface area contributed by atoms with Crippen LogP contribution in [-0.2, 0) is 0 Å². The van der Waals surface area contributed by atoms with E-state index in [2.05, 4.69) is 4.98 Å². The van der Waals surface area contributed by atoms with Gasteiger partial charge in [-0.2, -0.15) is 0 Å². The second kappa shape index (κ2) is 2.71. The van der Waals surface area contributed by atoms with Crippen molar-refractivity contribution in [1.82, 2.24) is 4.98 Å². The summed E-state index contributed by atoms with van der Waals surface area (Å²) in [5.41, 5.74) is 5.75. The Hall–Kier alpha value is -0.610. The lowest BCUT2D eigenvalue weighted by Crippen LogP contribution is -2.07. The lowest BCUT2D eigenvalue weighted by molar-refractivity contribution is 1.00. The molecule has 0 saturated heterocycles. The third kappa shape index (κ3) is 1.32. The zero-order valence-corrected chi connectivity index (χ0v) is 8.14. The predicted molar refractivity (Wildman–Crippen MR) is 51.8 cm³/mol. The fraction of sp³-hybridized carbons (Fsp3) is 0.625. The molecule has 1 heterocycles. The Bertz CT molecular complexity index is 282. The maximum absolute atomic E-state index is 5.75. The van der Waals surface area contributed by atoms with Crippen LogP contribution in [0, 0.1) is 0 Å². The molecular weight excluding hydrogens is 170 g/mol. The SMILES string of the molecule is CN(C)c1ncc([C@@H]2C[C@H]2N)s1. The molecule has 2 atom stereocenters. The summed E-state index contributed by atoms with van der Waals surface area (Å²) in [5.74, 6) is 0.594. The Kier molecular flexibility index (Phi) is 1.81. The average Bonchev–Trinajstić information content (AvgIpc) is 2.59. The maximum atomic E-state index is 5.75. The minimum atomic E-state index is 0.389. The second-order valence-electron chi connectivity index (χ2n) is 3.45. The number of nitrogens with two attached hydrogens (primary N) is 1. The van der Waals surface area contributed by atoms with E-state index in [9.17, 15) is 0 Å². The molecule has 0 bridgehead atoms. The van der Waals surface area contributed by atoms with Crippen LogP contribution in [0.3, 0.4) is 0 Å². The molecule has 0 spiro atoms. The number of rotatable bonds is 2. The number of aromatic nitrogens is 1. The zero-order chi connectivity index (χ0) is 8.72. The molecule has 1 fully saturated rings. The lowest BCUT2D eigenvalue weighted by Gasteiger charge is -2.04. The van der Waals surface area contributed by atoms with Gasteiger partial charge in [0.05, 0.1) is 0 Å². The summed E-state index contributed by atoms with van der Waals surface area (Å²) in [6, 6.07) is 0.389. The van der Waals surface area contributed by atoms with Crippen LogP contribution in [-0.4, -0.2) is 25.1 Å². The molecule has 1 saturated carbocycles. The van der Waals surface area contributed by atoms with E-state index in [0.717, 1.165) is 11.6 Å². The Labute approximate surface area is 76.2 Å². The van der Waals surface area contributed by atoms with Gasteiger partial charge in [-0.3, -0.25) is 0 Å². The average molecular weight is 183 g/mol. The van der Waals surface area contributed by atoms with Crippen LogP contribution in [0.5, 0.6) is 0 Å². The second-order valence-corrected chi connectivity index (χ2v) is 4.49. The van der Waals surface area contributed by atoms with Gasteiger partial charge in [0.25, 0.3) is 0 Å². The van der Waals surface area contributed by atoms with E-state index in [4.69, 9.17) is 5.73 Å². The van der Waals surface area contributed by atoms with Crippen molar-refractivity contribution in [2.24, 2.45) is 5.73 Å². The van der Waals surface area contributed by atoms with Gasteiger partial charge in [0.2, 0.25) is 0 Å². The van der Waals surface area contributed by atoms with Crippen molar-refractivity contribution in [1.29, 1.82) is 0 Å². The molecule has 3 nitrogen and oxygen atoms in total. The molecule has 66 valence electrons. The quantitative estimate of drug-likeness (QED) is 0.744. The van der Waals surface area contributed by atoms with Crippen molar-refractivity contribution in [3.05, 3.63) is 11.1 Å². The highest BCUT2D eigenvalue weighted by Crippen LogP contribution is 2.42. The third-order valence-electron chi connectivity index (χ3n) is 2.10. The van der Waals surface area contributed by atoms with Gasteiger partial charge in [-0.25, -0.2) is 4.98 Å². The van der Waals surface area contributed by atoms with E-state index < -0.39 is 0 Å². The van der Waals surface area contributed by atoms with Gasteiger partial charge in [-0.15, -0.1) is 11.3 Å². The molecule has 1 aromatic heterocycles. The minimum Gasteiger partial charge on any atom is -0.354 e. The Morgan fingerprint density at radius 1 is 1.67 bits per heavy atom. The summed E-state index contributed by atoms with van der Waals surface area (Å²) in [6.07, 6.45) is 3.09. The first-order chi connectivity index (χ1) is 5.68. The summed E-state index contributed by atoms with van der Waals surface area (Å²) < 4.78 is 0. The first-order valence-corrected chi connectivity index (χ1v) is 4.89. The highest BCUT2D eigenvalue weighted by atomic mass is 32.1. The van der Waals surface area contributed by atoms with Crippen LogP contribution < -0.4 is 10.6 Å². The van der Waals surface area contributed by atoms with Gasteiger partial charge >= 0.3 is 0 Å². The van der Waals surface area contributed by atoms with Gasteiger partial charge in [-0.05, 0) is 6.42 Å². The summed E-state index contributed by atoms with van der Waals surface area (Å²) in [7, 11) is 4.02. The number of anilines is 1. The van der Waals surface area contributed by atoms with Crippen LogP contribution in [0.15, 0.2) is 6.20 Å². The minimum absolute atomic E-state index is 0.389. The molecule has 0 amide bonds. The number of thiazole rings is 1. The van der Waals surface area contributed by atoms with E-state index in [-0.39, 0.29) is 0 Å². The molecule has 12 heavy (non-hydrogen) atoms. The standard InChI is InChI=1S/C8H13N3S/c1-11(2)8-10-4-7(12-8)5-3-6(5)9/h4-6H,3,9H2,1-2H3/t5-,6-/m1/s1. The van der Waals surface area contributed by atoms with E-state index in [0.29, 0.717) is 12.0 Å². The van der Waals surface area contributed by atoms with Crippen LogP contribution in [0.25, 0.3) is 0 Å². The molecule has 0 aromatic carbocycles. The van der Waals surface area contributed by atoms with Crippen LogP contribution >= 0.6 is 11.3 Å². The fourth-order valence-electron chi connectivity index (χ4n) is 1.20. The number of hydrogen-bond donors (Lipinski definition) is 1. The van der Waals surface area contributed by atoms with Crippen molar-refractivity contribution >= 4 is 16.5 Å². The normalized spacial score (nSPS) is 27.2. The number of nitrogens with zero attached hydrogens (tertiary/aromatic N) is 2. The Morgan fingerprint density at radius 3 is 2.75 bits per heavy atom. The lowest BCUT2D eigenvalue weighted by atomic mass is 10.4. The molecule has 1 aliphatic carbocycles. The highest BCUT2D eigenvalue weighted by Gasteiger charge is 2.36. The third-order valence-corrected chi connectivity index (χ3v) is 3.40. The van der Waals surface area contributed by atoms with Gasteiger partial charge in [0.15, 0.2) is 5.13 Å². The van der Waals surface area contributed by atoms with E-state index >= 15 is 0 Å². The zero-order valence-electron chi connectivity index (χ0n) is 7.32. The summed E-state index contributed by atoms with van der Waals surface area (Å²) in [4.78, 5) is 7.67. The smallest absolute Gasteiger partial charge is 0.184 e. The highest BCUT2D eigenvalue weighted by molar-refractivity contribution is 7.15. The predicted octanol–water partition coefficient (Wildman–Crippen LogP) is 1.02. The molecule has 4 heteroatoms. The Morgan fingerprint density at radius 2 is 2.33 bits per heavy atom. The molecule has 2 N–H and O–H groups in total. The topological polar surface area (TPSA) is 42.2 Å². The summed E-state index contributed by atoms with van der Waals surface area (Å²) >= 11 is 1.75. The molecule has 1 aromatic rings. The monoisotopic (exact) mass is 183 g/mol. The molecule has 1 aliphatic rings. The van der Waals surface area contributed by atoms with Crippen molar-refractivity contribution in [3.8, 4) is 0 Å². The van der Waals surface area contributed by atoms with E-state index in [1.807, 2.05) is 25.2 Å². The largest absolute Gasteiger partial charge is 0.354 e. The molecule has 0 aliphatic heterocycles. The van der Waals surface area contributed by atoms with Crippen LogP contribution in [0.2, 0.25) is 0 Å². The molecule has 0 unspecified atom stereocenters. The number of hydrogen-bond acceptors (Lipinski definition) is 4. The first kappa shape index (κ1) is 8.01. The van der Waals surface area contributed by atoms with Gasteiger partial charge in [0.1, 0.15) is 0 Å². The summed E-state index contributed by atoms with van der Waals surface area (Å²) in [5, 5.41) is 1.07. The van der Waals surface area contributed by atoms with Crippen LogP contribution in [0.1, 0.15) is 17.2 Å². The Balaban J connectivity index is 2.14. The van der Waals surface area contributed by atoms with E-state index in [1.54, 1.807) is 11.3 Å². The van der Waals surface area contributed by atoms with E-state index in [1.165, 1.54) is 4.88 Å². The van der Waals surface area contributed by atoms with Gasteiger partial charge in [0, 0.05) is 37.1 Å². The van der Waals surface area contributed by atoms with Crippen LogP contribution in [0.4, 0.5) is 5.13 Å². The maximum Gasteiger partial charge on any atom is 0.184 e. The molecular formula is C8H13N3S.